The van der Waals surface area contributed by atoms with Crippen molar-refractivity contribution in [1.82, 2.24) is 14.7 Å². The molecule has 0 aromatic carbocycles. The molecule has 1 heterocycles. The van der Waals surface area contributed by atoms with Gasteiger partial charge in [-0.2, -0.15) is 5.10 Å². The van der Waals surface area contributed by atoms with E-state index in [-0.39, 0.29) is 12.0 Å². The summed E-state index contributed by atoms with van der Waals surface area (Å²) in [5.41, 5.74) is 2.22. The fraction of sp³-hybridized carbons (Fsp3) is 0.692. The van der Waals surface area contributed by atoms with Gasteiger partial charge in [0, 0.05) is 36.9 Å². The topological polar surface area (TPSA) is 58.4 Å². The van der Waals surface area contributed by atoms with Gasteiger partial charge in [-0.05, 0) is 27.7 Å². The van der Waals surface area contributed by atoms with Crippen molar-refractivity contribution in [2.75, 3.05) is 6.54 Å². The minimum Gasteiger partial charge on any atom is -0.481 e. The van der Waals surface area contributed by atoms with Crippen LogP contribution in [0.3, 0.4) is 0 Å². The molecule has 0 saturated heterocycles. The monoisotopic (exact) mass is 253 g/mol. The van der Waals surface area contributed by atoms with E-state index in [4.69, 9.17) is 5.11 Å². The first-order valence-corrected chi connectivity index (χ1v) is 6.16. The highest BCUT2D eigenvalue weighted by Gasteiger charge is 2.23. The summed E-state index contributed by atoms with van der Waals surface area (Å²) in [6.45, 7) is 9.60. The van der Waals surface area contributed by atoms with Gasteiger partial charge in [0.05, 0.1) is 12.6 Å². The number of carboxylic acids is 1. The van der Waals surface area contributed by atoms with Gasteiger partial charge in [0.1, 0.15) is 0 Å². The average molecular weight is 253 g/mol. The number of carbonyl (C=O) groups is 1. The van der Waals surface area contributed by atoms with E-state index in [0.717, 1.165) is 17.8 Å². The first-order chi connectivity index (χ1) is 8.21. The molecule has 5 heteroatoms. The van der Waals surface area contributed by atoms with Crippen LogP contribution in [0.15, 0.2) is 6.20 Å². The molecule has 0 atom stereocenters. The summed E-state index contributed by atoms with van der Waals surface area (Å²) < 4.78 is 1.84. The molecule has 1 aromatic heterocycles. The first kappa shape index (κ1) is 14.7. The second-order valence-electron chi connectivity index (χ2n) is 5.61. The van der Waals surface area contributed by atoms with Crippen LogP contribution >= 0.6 is 0 Å². The van der Waals surface area contributed by atoms with E-state index < -0.39 is 5.97 Å². The van der Waals surface area contributed by atoms with E-state index in [0.29, 0.717) is 6.54 Å². The van der Waals surface area contributed by atoms with Crippen LogP contribution in [-0.4, -0.2) is 37.8 Å². The Morgan fingerprint density at radius 3 is 2.50 bits per heavy atom. The molecule has 0 aliphatic rings. The van der Waals surface area contributed by atoms with Gasteiger partial charge in [0.2, 0.25) is 0 Å². The predicted molar refractivity (Wildman–Crippen MR) is 70.4 cm³/mol. The quantitative estimate of drug-likeness (QED) is 0.869. The summed E-state index contributed by atoms with van der Waals surface area (Å²) >= 11 is 0. The molecule has 5 nitrogen and oxygen atoms in total. The smallest absolute Gasteiger partial charge is 0.304 e. The van der Waals surface area contributed by atoms with Crippen molar-refractivity contribution < 1.29 is 9.90 Å². The van der Waals surface area contributed by atoms with Gasteiger partial charge in [-0.1, -0.05) is 0 Å². The highest BCUT2D eigenvalue weighted by atomic mass is 16.4. The fourth-order valence-electron chi connectivity index (χ4n) is 1.79. The van der Waals surface area contributed by atoms with E-state index in [1.165, 1.54) is 0 Å². The van der Waals surface area contributed by atoms with E-state index in [1.54, 1.807) is 0 Å². The third kappa shape index (κ3) is 3.84. The molecule has 1 aromatic rings. The van der Waals surface area contributed by atoms with Gasteiger partial charge in [-0.25, -0.2) is 0 Å². The Labute approximate surface area is 108 Å². The van der Waals surface area contributed by atoms with Crippen LogP contribution in [0.4, 0.5) is 0 Å². The van der Waals surface area contributed by atoms with Crippen LogP contribution in [0.5, 0.6) is 0 Å². The van der Waals surface area contributed by atoms with E-state index in [9.17, 15) is 4.79 Å². The van der Waals surface area contributed by atoms with E-state index >= 15 is 0 Å². The zero-order valence-corrected chi connectivity index (χ0v) is 11.9. The van der Waals surface area contributed by atoms with Crippen molar-refractivity contribution in [3.8, 4) is 0 Å². The van der Waals surface area contributed by atoms with Crippen molar-refractivity contribution in [3.05, 3.63) is 17.5 Å². The number of carboxylic acid groups (broad SMARTS) is 1. The molecular formula is C13H23N3O2. The Bertz CT molecular complexity index is 418. The van der Waals surface area contributed by atoms with Crippen molar-refractivity contribution >= 4 is 5.97 Å². The van der Waals surface area contributed by atoms with Gasteiger partial charge >= 0.3 is 5.97 Å². The Hall–Kier alpha value is -1.36. The normalized spacial score (nSPS) is 12.1. The second kappa shape index (κ2) is 5.52. The lowest BCUT2D eigenvalue weighted by Crippen LogP contribution is -2.42. The maximum absolute atomic E-state index is 10.7. The number of hydrogen-bond acceptors (Lipinski definition) is 3. The Morgan fingerprint density at radius 1 is 1.50 bits per heavy atom. The van der Waals surface area contributed by atoms with E-state index in [1.807, 2.05) is 24.9 Å². The minimum absolute atomic E-state index is 0.0578. The molecule has 0 unspecified atom stereocenters. The molecule has 102 valence electrons. The molecule has 0 aliphatic heterocycles. The molecule has 0 amide bonds. The van der Waals surface area contributed by atoms with Crippen LogP contribution in [0.25, 0.3) is 0 Å². The lowest BCUT2D eigenvalue weighted by Gasteiger charge is -2.35. The van der Waals surface area contributed by atoms with E-state index in [2.05, 4.69) is 30.8 Å². The largest absolute Gasteiger partial charge is 0.481 e. The highest BCUT2D eigenvalue weighted by Crippen LogP contribution is 2.19. The molecule has 1 N–H and O–H groups in total. The number of aliphatic carboxylic acids is 1. The summed E-state index contributed by atoms with van der Waals surface area (Å²) in [6, 6.07) is 0. The van der Waals surface area contributed by atoms with Gasteiger partial charge in [0.15, 0.2) is 0 Å². The number of rotatable bonds is 5. The molecule has 18 heavy (non-hydrogen) atoms. The summed E-state index contributed by atoms with van der Waals surface area (Å²) in [7, 11) is 1.91. The lowest BCUT2D eigenvalue weighted by molar-refractivity contribution is -0.137. The van der Waals surface area contributed by atoms with Crippen LogP contribution in [0.2, 0.25) is 0 Å². The van der Waals surface area contributed by atoms with Crippen LogP contribution < -0.4 is 0 Å². The highest BCUT2D eigenvalue weighted by molar-refractivity contribution is 5.66. The van der Waals surface area contributed by atoms with Crippen LogP contribution in [-0.2, 0) is 18.4 Å². The molecule has 0 aliphatic carbocycles. The molecule has 0 saturated carbocycles. The number of aromatic nitrogens is 2. The zero-order chi connectivity index (χ0) is 13.9. The molecule has 0 bridgehead atoms. The maximum Gasteiger partial charge on any atom is 0.304 e. The molecule has 0 spiro atoms. The number of nitrogens with zero attached hydrogens (tertiary/aromatic N) is 3. The van der Waals surface area contributed by atoms with Crippen molar-refractivity contribution in [2.45, 2.75) is 46.2 Å². The Balaban J connectivity index is 2.79. The third-order valence-electron chi connectivity index (χ3n) is 3.24. The second-order valence-corrected chi connectivity index (χ2v) is 5.61. The van der Waals surface area contributed by atoms with Gasteiger partial charge in [-0.15, -0.1) is 0 Å². The Kier molecular flexibility index (Phi) is 4.51. The van der Waals surface area contributed by atoms with Gasteiger partial charge in [-0.3, -0.25) is 14.4 Å². The van der Waals surface area contributed by atoms with Gasteiger partial charge < -0.3 is 5.11 Å². The predicted octanol–water partition coefficient (Wildman–Crippen LogP) is 1.80. The summed E-state index contributed by atoms with van der Waals surface area (Å²) in [4.78, 5) is 12.9. The Morgan fingerprint density at radius 2 is 2.11 bits per heavy atom. The number of hydrogen-bond donors (Lipinski definition) is 1. The summed E-state index contributed by atoms with van der Waals surface area (Å²) in [5, 5.41) is 13.0. The number of aryl methyl sites for hydroxylation is 1. The SMILES string of the molecule is Cc1c(CN(CCC(=O)O)C(C)(C)C)cnn1C. The zero-order valence-electron chi connectivity index (χ0n) is 11.9. The van der Waals surface area contributed by atoms with Crippen LogP contribution in [0, 0.1) is 6.92 Å². The standard InChI is InChI=1S/C13H23N3O2/c1-10-11(8-14-15(10)5)9-16(13(2,3)4)7-6-12(17)18/h8H,6-7,9H2,1-5H3,(H,17,18). The summed E-state index contributed by atoms with van der Waals surface area (Å²) in [6.07, 6.45) is 2.02. The fourth-order valence-corrected chi connectivity index (χ4v) is 1.79. The van der Waals surface area contributed by atoms with Gasteiger partial charge in [0.25, 0.3) is 0 Å². The van der Waals surface area contributed by atoms with Crippen molar-refractivity contribution in [1.29, 1.82) is 0 Å². The molecule has 1 rings (SSSR count). The van der Waals surface area contributed by atoms with Crippen molar-refractivity contribution in [3.63, 3.8) is 0 Å². The maximum atomic E-state index is 10.7. The average Bonchev–Trinajstić information content (AvgIpc) is 2.53. The first-order valence-electron chi connectivity index (χ1n) is 6.16. The van der Waals surface area contributed by atoms with Crippen LogP contribution in [0.1, 0.15) is 38.4 Å². The summed E-state index contributed by atoms with van der Waals surface area (Å²) in [5.74, 6) is -0.757. The minimum atomic E-state index is -0.757. The van der Waals surface area contributed by atoms with Crippen molar-refractivity contribution in [2.24, 2.45) is 7.05 Å². The molecular weight excluding hydrogens is 230 g/mol. The lowest BCUT2D eigenvalue weighted by atomic mass is 10.0. The molecule has 0 radical (unpaired) electrons. The third-order valence-corrected chi connectivity index (χ3v) is 3.24. The molecule has 0 fully saturated rings.